The van der Waals surface area contributed by atoms with E-state index in [-0.39, 0.29) is 5.91 Å². The molecule has 6 heteroatoms. The number of carbonyl (C=O) groups is 1. The molecular formula is C17H16BrN3O2. The minimum atomic E-state index is -0.0700. The number of fused-ring (bicyclic) bond motifs is 1. The Labute approximate surface area is 142 Å². The first-order valence-electron chi connectivity index (χ1n) is 7.35. The van der Waals surface area contributed by atoms with Crippen molar-refractivity contribution in [3.05, 3.63) is 58.6 Å². The van der Waals surface area contributed by atoms with Crippen LogP contribution in [0.1, 0.15) is 16.8 Å². The summed E-state index contributed by atoms with van der Waals surface area (Å²) >= 11 is 3.35. The number of hydrogen-bond donors (Lipinski definition) is 2. The number of anilines is 1. The molecule has 2 N–H and O–H groups in total. The molecule has 3 aromatic rings. The largest absolute Gasteiger partial charge is 0.424 e. The number of amides is 1. The highest BCUT2D eigenvalue weighted by Gasteiger charge is 2.05. The summed E-state index contributed by atoms with van der Waals surface area (Å²) in [5.74, 6) is -0.0700. The number of halogens is 1. The molecule has 118 valence electrons. The Morgan fingerprint density at radius 3 is 2.65 bits per heavy atom. The molecule has 1 amide bonds. The van der Waals surface area contributed by atoms with Crippen molar-refractivity contribution in [2.75, 3.05) is 18.4 Å². The summed E-state index contributed by atoms with van der Waals surface area (Å²) in [7, 11) is 0. The molecule has 0 aliphatic rings. The molecule has 1 aromatic heterocycles. The third-order valence-corrected chi connectivity index (χ3v) is 3.84. The summed E-state index contributed by atoms with van der Waals surface area (Å²) in [4.78, 5) is 16.3. The van der Waals surface area contributed by atoms with E-state index in [2.05, 4.69) is 31.5 Å². The van der Waals surface area contributed by atoms with Crippen LogP contribution in [-0.2, 0) is 0 Å². The summed E-state index contributed by atoms with van der Waals surface area (Å²) < 4.78 is 6.52. The number of carbonyl (C=O) groups excluding carboxylic acids is 1. The lowest BCUT2D eigenvalue weighted by molar-refractivity contribution is 0.0953. The SMILES string of the molecule is O=C(NCCCNc1nc2ccccc2o1)c1ccc(Br)cc1. The molecule has 0 fully saturated rings. The maximum absolute atomic E-state index is 11.9. The van der Waals surface area contributed by atoms with Gasteiger partial charge in [-0.15, -0.1) is 0 Å². The van der Waals surface area contributed by atoms with E-state index in [0.29, 0.717) is 24.7 Å². The Balaban J connectivity index is 1.41. The van der Waals surface area contributed by atoms with Crippen molar-refractivity contribution in [2.24, 2.45) is 0 Å². The van der Waals surface area contributed by atoms with Crippen molar-refractivity contribution in [1.29, 1.82) is 0 Å². The zero-order valence-electron chi connectivity index (χ0n) is 12.4. The minimum Gasteiger partial charge on any atom is -0.424 e. The van der Waals surface area contributed by atoms with Crippen LogP contribution < -0.4 is 10.6 Å². The predicted molar refractivity (Wildman–Crippen MR) is 93.6 cm³/mol. The van der Waals surface area contributed by atoms with Gasteiger partial charge in [-0.05, 0) is 42.8 Å². The third kappa shape index (κ3) is 4.10. The first-order chi connectivity index (χ1) is 11.2. The number of para-hydroxylation sites is 2. The van der Waals surface area contributed by atoms with E-state index < -0.39 is 0 Å². The van der Waals surface area contributed by atoms with E-state index in [1.54, 1.807) is 12.1 Å². The van der Waals surface area contributed by atoms with Gasteiger partial charge in [0.25, 0.3) is 11.9 Å². The van der Waals surface area contributed by atoms with E-state index in [9.17, 15) is 4.79 Å². The predicted octanol–water partition coefficient (Wildman–Crippen LogP) is 3.82. The Hall–Kier alpha value is -2.34. The van der Waals surface area contributed by atoms with Crippen LogP contribution >= 0.6 is 15.9 Å². The van der Waals surface area contributed by atoms with E-state index in [4.69, 9.17) is 4.42 Å². The summed E-state index contributed by atoms with van der Waals surface area (Å²) in [5, 5.41) is 6.01. The fourth-order valence-electron chi connectivity index (χ4n) is 2.14. The van der Waals surface area contributed by atoms with E-state index >= 15 is 0 Å². The van der Waals surface area contributed by atoms with Gasteiger partial charge in [-0.2, -0.15) is 4.98 Å². The van der Waals surface area contributed by atoms with Gasteiger partial charge in [-0.25, -0.2) is 0 Å². The zero-order chi connectivity index (χ0) is 16.1. The van der Waals surface area contributed by atoms with Crippen molar-refractivity contribution < 1.29 is 9.21 Å². The molecule has 1 heterocycles. The number of oxazole rings is 1. The molecule has 23 heavy (non-hydrogen) atoms. The Kier molecular flexibility index (Phi) is 4.92. The van der Waals surface area contributed by atoms with Gasteiger partial charge < -0.3 is 15.1 Å². The number of nitrogens with one attached hydrogen (secondary N) is 2. The molecular weight excluding hydrogens is 358 g/mol. The van der Waals surface area contributed by atoms with Crippen LogP contribution in [0.3, 0.4) is 0 Å². The van der Waals surface area contributed by atoms with Crippen LogP contribution in [-0.4, -0.2) is 24.0 Å². The molecule has 5 nitrogen and oxygen atoms in total. The highest BCUT2D eigenvalue weighted by Crippen LogP contribution is 2.17. The lowest BCUT2D eigenvalue weighted by Gasteiger charge is -2.05. The van der Waals surface area contributed by atoms with E-state index in [1.165, 1.54) is 0 Å². The number of nitrogens with zero attached hydrogens (tertiary/aromatic N) is 1. The average molecular weight is 374 g/mol. The number of hydrogen-bond acceptors (Lipinski definition) is 4. The van der Waals surface area contributed by atoms with Gasteiger partial charge in [0.1, 0.15) is 5.52 Å². The second kappa shape index (κ2) is 7.28. The van der Waals surface area contributed by atoms with Crippen LogP contribution in [0, 0.1) is 0 Å². The normalized spacial score (nSPS) is 10.7. The molecule has 0 saturated heterocycles. The fraction of sp³-hybridized carbons (Fsp3) is 0.176. The maximum Gasteiger partial charge on any atom is 0.295 e. The summed E-state index contributed by atoms with van der Waals surface area (Å²) in [6, 6.07) is 15.4. The van der Waals surface area contributed by atoms with Crippen molar-refractivity contribution in [3.63, 3.8) is 0 Å². The van der Waals surface area contributed by atoms with Gasteiger partial charge in [0, 0.05) is 23.1 Å². The lowest BCUT2D eigenvalue weighted by atomic mass is 10.2. The highest BCUT2D eigenvalue weighted by atomic mass is 79.9. The molecule has 3 rings (SSSR count). The second-order valence-corrected chi connectivity index (χ2v) is 5.95. The number of rotatable bonds is 6. The van der Waals surface area contributed by atoms with E-state index in [1.807, 2.05) is 36.4 Å². The van der Waals surface area contributed by atoms with Gasteiger partial charge in [0.15, 0.2) is 5.58 Å². The van der Waals surface area contributed by atoms with Crippen LogP contribution in [0.5, 0.6) is 0 Å². The molecule has 0 radical (unpaired) electrons. The van der Waals surface area contributed by atoms with Gasteiger partial charge in [-0.3, -0.25) is 4.79 Å². The number of benzene rings is 2. The molecule has 0 unspecified atom stereocenters. The van der Waals surface area contributed by atoms with Crippen molar-refractivity contribution in [1.82, 2.24) is 10.3 Å². The topological polar surface area (TPSA) is 67.2 Å². The zero-order valence-corrected chi connectivity index (χ0v) is 14.0. The van der Waals surface area contributed by atoms with Gasteiger partial charge in [-0.1, -0.05) is 28.1 Å². The quantitative estimate of drug-likeness (QED) is 0.644. The van der Waals surface area contributed by atoms with E-state index in [0.717, 1.165) is 22.0 Å². The van der Waals surface area contributed by atoms with Gasteiger partial charge in [0.2, 0.25) is 0 Å². The molecule has 0 atom stereocenters. The monoisotopic (exact) mass is 373 g/mol. The Morgan fingerprint density at radius 2 is 1.87 bits per heavy atom. The summed E-state index contributed by atoms with van der Waals surface area (Å²) in [6.45, 7) is 1.26. The van der Waals surface area contributed by atoms with Crippen LogP contribution in [0.25, 0.3) is 11.1 Å². The smallest absolute Gasteiger partial charge is 0.295 e. The third-order valence-electron chi connectivity index (χ3n) is 3.32. The van der Waals surface area contributed by atoms with Crippen molar-refractivity contribution >= 4 is 39.0 Å². The minimum absolute atomic E-state index is 0.0700. The second-order valence-electron chi connectivity index (χ2n) is 5.03. The molecule has 2 aromatic carbocycles. The first-order valence-corrected chi connectivity index (χ1v) is 8.15. The molecule has 0 aliphatic carbocycles. The number of aromatic nitrogens is 1. The molecule has 0 bridgehead atoms. The van der Waals surface area contributed by atoms with Crippen molar-refractivity contribution in [3.8, 4) is 0 Å². The summed E-state index contributed by atoms with van der Waals surface area (Å²) in [6.07, 6.45) is 0.779. The average Bonchev–Trinajstić information content (AvgIpc) is 2.97. The molecule has 0 saturated carbocycles. The highest BCUT2D eigenvalue weighted by molar-refractivity contribution is 9.10. The van der Waals surface area contributed by atoms with Gasteiger partial charge >= 0.3 is 0 Å². The first kappa shape index (κ1) is 15.6. The summed E-state index contributed by atoms with van der Waals surface area (Å²) in [5.41, 5.74) is 2.25. The van der Waals surface area contributed by atoms with Gasteiger partial charge in [0.05, 0.1) is 0 Å². The molecule has 0 spiro atoms. The Morgan fingerprint density at radius 1 is 1.09 bits per heavy atom. The van der Waals surface area contributed by atoms with Crippen LogP contribution in [0.4, 0.5) is 6.01 Å². The maximum atomic E-state index is 11.9. The fourth-order valence-corrected chi connectivity index (χ4v) is 2.40. The van der Waals surface area contributed by atoms with Crippen LogP contribution in [0.15, 0.2) is 57.4 Å². The lowest BCUT2D eigenvalue weighted by Crippen LogP contribution is -2.25. The standard InChI is InChI=1S/C17H16BrN3O2/c18-13-8-6-12(7-9-13)16(22)19-10-3-11-20-17-21-14-4-1-2-5-15(14)23-17/h1-2,4-9H,3,10-11H2,(H,19,22)(H,20,21). The van der Waals surface area contributed by atoms with Crippen LogP contribution in [0.2, 0.25) is 0 Å². The van der Waals surface area contributed by atoms with Crippen molar-refractivity contribution in [2.45, 2.75) is 6.42 Å². The molecule has 0 aliphatic heterocycles. The Bertz CT molecular complexity index is 766.